The van der Waals surface area contributed by atoms with E-state index in [1.54, 1.807) is 10.9 Å². The van der Waals surface area contributed by atoms with Gasteiger partial charge in [-0.15, -0.1) is 0 Å². The van der Waals surface area contributed by atoms with Crippen molar-refractivity contribution in [1.29, 1.82) is 0 Å². The first-order chi connectivity index (χ1) is 11.6. The van der Waals surface area contributed by atoms with E-state index in [0.29, 0.717) is 5.76 Å². The number of benzene rings is 1. The van der Waals surface area contributed by atoms with E-state index in [-0.39, 0.29) is 18.4 Å². The summed E-state index contributed by atoms with van der Waals surface area (Å²) in [7, 11) is 0. The highest BCUT2D eigenvalue weighted by molar-refractivity contribution is 5.79. The van der Waals surface area contributed by atoms with Crippen LogP contribution >= 0.6 is 0 Å². The number of nitrogens with zero attached hydrogens (tertiary/aromatic N) is 3. The third-order valence-corrected chi connectivity index (χ3v) is 4.05. The molecule has 6 heteroatoms. The molecule has 124 valence electrons. The van der Waals surface area contributed by atoms with Crippen LogP contribution in [0.3, 0.4) is 0 Å². The van der Waals surface area contributed by atoms with Gasteiger partial charge in [0.15, 0.2) is 0 Å². The molecule has 1 atom stereocenters. The quantitative estimate of drug-likeness (QED) is 0.783. The van der Waals surface area contributed by atoms with Crippen LogP contribution in [-0.4, -0.2) is 20.8 Å². The first-order valence-electron chi connectivity index (χ1n) is 7.86. The van der Waals surface area contributed by atoms with E-state index < -0.39 is 0 Å². The summed E-state index contributed by atoms with van der Waals surface area (Å²) in [5, 5.41) is 11.2. The van der Waals surface area contributed by atoms with Crippen LogP contribution in [0.5, 0.6) is 0 Å². The molecular weight excluding hydrogens is 304 g/mol. The van der Waals surface area contributed by atoms with Crippen LogP contribution in [0.15, 0.2) is 47.2 Å². The van der Waals surface area contributed by atoms with Crippen molar-refractivity contribution in [3.63, 3.8) is 0 Å². The first kappa shape index (κ1) is 16.0. The smallest absolute Gasteiger partial charge is 0.225 e. The molecule has 0 saturated heterocycles. The molecule has 0 bridgehead atoms. The minimum atomic E-state index is -0.140. The zero-order valence-electron chi connectivity index (χ0n) is 14.0. The molecule has 1 N–H and O–H groups in total. The molecule has 0 saturated carbocycles. The van der Waals surface area contributed by atoms with Crippen LogP contribution in [0, 0.1) is 13.8 Å². The van der Waals surface area contributed by atoms with Crippen molar-refractivity contribution in [3.05, 3.63) is 65.3 Å². The second-order valence-electron chi connectivity index (χ2n) is 5.78. The first-order valence-corrected chi connectivity index (χ1v) is 7.86. The topological polar surface area (TPSA) is 73.0 Å². The second kappa shape index (κ2) is 6.70. The van der Waals surface area contributed by atoms with Gasteiger partial charge in [-0.3, -0.25) is 4.79 Å². The van der Waals surface area contributed by atoms with Gasteiger partial charge in [0.2, 0.25) is 5.91 Å². The molecular formula is C18H20N4O2. The van der Waals surface area contributed by atoms with Crippen molar-refractivity contribution in [3.8, 4) is 5.69 Å². The number of amides is 1. The number of rotatable bonds is 5. The zero-order valence-corrected chi connectivity index (χ0v) is 14.0. The van der Waals surface area contributed by atoms with E-state index >= 15 is 0 Å². The lowest BCUT2D eigenvalue weighted by Crippen LogP contribution is -2.29. The Balaban J connectivity index is 1.76. The minimum Gasteiger partial charge on any atom is -0.361 e. The Hall–Kier alpha value is -2.89. The number of hydrogen-bond donors (Lipinski definition) is 1. The maximum atomic E-state index is 12.4. The molecule has 6 nitrogen and oxygen atoms in total. The van der Waals surface area contributed by atoms with Crippen molar-refractivity contribution >= 4 is 5.91 Å². The summed E-state index contributed by atoms with van der Waals surface area (Å²) in [4.78, 5) is 12.4. The molecule has 1 aromatic carbocycles. The summed E-state index contributed by atoms with van der Waals surface area (Å²) in [5.41, 5.74) is 3.56. The van der Waals surface area contributed by atoms with Gasteiger partial charge in [0.05, 0.1) is 23.8 Å². The van der Waals surface area contributed by atoms with Crippen LogP contribution in [0.2, 0.25) is 0 Å². The van der Waals surface area contributed by atoms with E-state index in [1.807, 2.05) is 57.3 Å². The molecule has 3 rings (SSSR count). The molecule has 0 aliphatic rings. The van der Waals surface area contributed by atoms with Crippen LogP contribution in [0.4, 0.5) is 0 Å². The number of aryl methyl sites for hydroxylation is 2. The summed E-state index contributed by atoms with van der Waals surface area (Å²) >= 11 is 0. The normalized spacial score (nSPS) is 12.1. The molecule has 0 fully saturated rings. The average Bonchev–Trinajstić information content (AvgIpc) is 3.20. The molecule has 0 spiro atoms. The van der Waals surface area contributed by atoms with Gasteiger partial charge in [0, 0.05) is 18.0 Å². The van der Waals surface area contributed by atoms with Gasteiger partial charge in [-0.05, 0) is 38.5 Å². The summed E-state index contributed by atoms with van der Waals surface area (Å²) in [6, 6.07) is 9.63. The number of para-hydroxylation sites is 1. The molecule has 0 radical (unpaired) electrons. The summed E-state index contributed by atoms with van der Waals surface area (Å²) in [6.45, 7) is 5.63. The van der Waals surface area contributed by atoms with Crippen LogP contribution in [0.1, 0.15) is 35.5 Å². The Labute approximate surface area is 140 Å². The summed E-state index contributed by atoms with van der Waals surface area (Å²) in [6.07, 6.45) is 3.88. The lowest BCUT2D eigenvalue weighted by molar-refractivity contribution is -0.121. The van der Waals surface area contributed by atoms with E-state index in [1.165, 1.54) is 0 Å². The fourth-order valence-electron chi connectivity index (χ4n) is 2.76. The standard InChI is InChI=1S/C18H20N4O2/c1-12(20-18(23)11-16-13(2)21-24-14(16)3)15-7-4-5-8-17(15)22-10-6-9-19-22/h4-10,12H,11H2,1-3H3,(H,20,23). The van der Waals surface area contributed by atoms with Crippen molar-refractivity contribution in [2.75, 3.05) is 0 Å². The summed E-state index contributed by atoms with van der Waals surface area (Å²) < 4.78 is 6.91. The molecule has 2 heterocycles. The fraction of sp³-hybridized carbons (Fsp3) is 0.278. The molecule has 1 unspecified atom stereocenters. The van der Waals surface area contributed by atoms with Gasteiger partial charge in [-0.1, -0.05) is 23.4 Å². The monoisotopic (exact) mass is 324 g/mol. The molecule has 24 heavy (non-hydrogen) atoms. The highest BCUT2D eigenvalue weighted by Gasteiger charge is 2.17. The van der Waals surface area contributed by atoms with Crippen molar-refractivity contribution in [2.24, 2.45) is 0 Å². The fourth-order valence-corrected chi connectivity index (χ4v) is 2.76. The Kier molecular flexibility index (Phi) is 4.46. The number of carbonyl (C=O) groups excluding carboxylic acids is 1. The van der Waals surface area contributed by atoms with Crippen LogP contribution in [0.25, 0.3) is 5.69 Å². The largest absolute Gasteiger partial charge is 0.361 e. The average molecular weight is 324 g/mol. The maximum absolute atomic E-state index is 12.4. The second-order valence-corrected chi connectivity index (χ2v) is 5.78. The van der Waals surface area contributed by atoms with Gasteiger partial charge in [0.1, 0.15) is 5.76 Å². The van der Waals surface area contributed by atoms with Crippen LogP contribution < -0.4 is 5.32 Å². The lowest BCUT2D eigenvalue weighted by Gasteiger charge is -2.18. The molecule has 0 aliphatic carbocycles. The van der Waals surface area contributed by atoms with Crippen LogP contribution in [-0.2, 0) is 11.2 Å². The van der Waals surface area contributed by atoms with Crippen molar-refractivity contribution < 1.29 is 9.32 Å². The number of hydrogen-bond acceptors (Lipinski definition) is 4. The summed E-state index contributed by atoms with van der Waals surface area (Å²) in [5.74, 6) is 0.624. The van der Waals surface area contributed by atoms with Gasteiger partial charge < -0.3 is 9.84 Å². The Morgan fingerprint density at radius 2 is 2.08 bits per heavy atom. The third kappa shape index (κ3) is 3.22. The molecule has 3 aromatic rings. The highest BCUT2D eigenvalue weighted by atomic mass is 16.5. The molecule has 1 amide bonds. The minimum absolute atomic E-state index is 0.0628. The Morgan fingerprint density at radius 3 is 2.75 bits per heavy atom. The lowest BCUT2D eigenvalue weighted by atomic mass is 10.0. The van der Waals surface area contributed by atoms with Crippen molar-refractivity contribution in [2.45, 2.75) is 33.2 Å². The Bertz CT molecular complexity index is 817. The van der Waals surface area contributed by atoms with Gasteiger partial charge in [0.25, 0.3) is 0 Å². The van der Waals surface area contributed by atoms with Gasteiger partial charge >= 0.3 is 0 Å². The van der Waals surface area contributed by atoms with E-state index in [0.717, 1.165) is 22.5 Å². The van der Waals surface area contributed by atoms with Crippen molar-refractivity contribution in [1.82, 2.24) is 20.3 Å². The Morgan fingerprint density at radius 1 is 1.29 bits per heavy atom. The molecule has 0 aliphatic heterocycles. The van der Waals surface area contributed by atoms with Gasteiger partial charge in [-0.2, -0.15) is 5.10 Å². The highest BCUT2D eigenvalue weighted by Crippen LogP contribution is 2.21. The maximum Gasteiger partial charge on any atom is 0.225 e. The van der Waals surface area contributed by atoms with E-state index in [2.05, 4.69) is 15.6 Å². The van der Waals surface area contributed by atoms with E-state index in [4.69, 9.17) is 4.52 Å². The number of nitrogens with one attached hydrogen (secondary N) is 1. The number of carbonyl (C=O) groups is 1. The number of aromatic nitrogens is 3. The zero-order chi connectivity index (χ0) is 17.1. The van der Waals surface area contributed by atoms with E-state index in [9.17, 15) is 4.79 Å². The molecule has 2 aromatic heterocycles. The SMILES string of the molecule is Cc1noc(C)c1CC(=O)NC(C)c1ccccc1-n1cccn1. The predicted molar refractivity (Wildman–Crippen MR) is 89.8 cm³/mol. The van der Waals surface area contributed by atoms with Gasteiger partial charge in [-0.25, -0.2) is 4.68 Å². The third-order valence-electron chi connectivity index (χ3n) is 4.05. The predicted octanol–water partition coefficient (Wildman–Crippen LogP) is 2.90.